The summed E-state index contributed by atoms with van der Waals surface area (Å²) < 4.78 is 34.9. The molecule has 0 aliphatic carbocycles. The summed E-state index contributed by atoms with van der Waals surface area (Å²) in [5.41, 5.74) is -0.0459. The van der Waals surface area contributed by atoms with Crippen LogP contribution < -0.4 is 4.74 Å². The summed E-state index contributed by atoms with van der Waals surface area (Å²) in [7, 11) is 0. The number of nitrogens with zero attached hydrogens (tertiary/aromatic N) is 4. The lowest BCUT2D eigenvalue weighted by Gasteiger charge is -2.37. The summed E-state index contributed by atoms with van der Waals surface area (Å²) in [6, 6.07) is 6.32. The summed E-state index contributed by atoms with van der Waals surface area (Å²) in [4.78, 5) is 20.7. The molecule has 0 bridgehead atoms. The number of carbonyl (C=O) groups excluding carboxylic acids is 1. The van der Waals surface area contributed by atoms with Crippen LogP contribution in [0.15, 0.2) is 28.8 Å². The highest BCUT2D eigenvalue weighted by atomic mass is 19.3. The first-order valence-corrected chi connectivity index (χ1v) is 9.12. The molecule has 0 spiro atoms. The van der Waals surface area contributed by atoms with E-state index in [9.17, 15) is 13.6 Å². The summed E-state index contributed by atoms with van der Waals surface area (Å²) in [5.74, 6) is 0.729. The van der Waals surface area contributed by atoms with Gasteiger partial charge in [0.25, 0.3) is 0 Å². The Morgan fingerprint density at radius 2 is 1.89 bits per heavy atom. The van der Waals surface area contributed by atoms with Gasteiger partial charge in [-0.3, -0.25) is 9.69 Å². The van der Waals surface area contributed by atoms with Crippen molar-refractivity contribution >= 4 is 5.91 Å². The van der Waals surface area contributed by atoms with Gasteiger partial charge in [0, 0.05) is 31.6 Å². The topological polar surface area (TPSA) is 71.7 Å². The normalized spacial score (nSPS) is 15.9. The Morgan fingerprint density at radius 1 is 1.21 bits per heavy atom. The van der Waals surface area contributed by atoms with E-state index < -0.39 is 12.0 Å². The van der Waals surface area contributed by atoms with Gasteiger partial charge in [0.1, 0.15) is 5.75 Å². The summed E-state index contributed by atoms with van der Waals surface area (Å²) in [5, 5.41) is 3.89. The Morgan fingerprint density at radius 3 is 2.54 bits per heavy atom. The number of benzene rings is 1. The summed E-state index contributed by atoms with van der Waals surface area (Å²) >= 11 is 0. The van der Waals surface area contributed by atoms with Gasteiger partial charge in [-0.2, -0.15) is 13.8 Å². The van der Waals surface area contributed by atoms with Crippen LogP contribution in [0.1, 0.15) is 26.7 Å². The number of amides is 1. The minimum Gasteiger partial charge on any atom is -0.434 e. The fourth-order valence-corrected chi connectivity index (χ4v) is 3.05. The Hall–Kier alpha value is -2.55. The molecule has 1 aliphatic heterocycles. The maximum atomic E-state index is 12.6. The standard InChI is InChI=1S/C19H24F2N4O3/c1-19(2,3)17(26)25-10-8-24(9-11-25)12-15-22-16(23-28-15)13-6-4-5-7-14(13)27-18(20)21/h4-7,18H,8-12H2,1-3H3. The third-order valence-electron chi connectivity index (χ3n) is 4.47. The second kappa shape index (κ2) is 8.22. The van der Waals surface area contributed by atoms with Gasteiger partial charge < -0.3 is 14.2 Å². The Kier molecular flexibility index (Phi) is 5.93. The molecule has 0 atom stereocenters. The zero-order valence-corrected chi connectivity index (χ0v) is 16.2. The molecule has 28 heavy (non-hydrogen) atoms. The third-order valence-corrected chi connectivity index (χ3v) is 4.47. The minimum atomic E-state index is -2.93. The SMILES string of the molecule is CC(C)(C)C(=O)N1CCN(Cc2nc(-c3ccccc3OC(F)F)no2)CC1. The maximum Gasteiger partial charge on any atom is 0.387 e. The van der Waals surface area contributed by atoms with Gasteiger partial charge >= 0.3 is 6.61 Å². The van der Waals surface area contributed by atoms with Crippen molar-refractivity contribution in [1.82, 2.24) is 19.9 Å². The van der Waals surface area contributed by atoms with E-state index in [2.05, 4.69) is 19.8 Å². The number of carbonyl (C=O) groups is 1. The molecule has 2 heterocycles. The first-order chi connectivity index (χ1) is 13.2. The lowest BCUT2D eigenvalue weighted by molar-refractivity contribution is -0.141. The number of hydrogen-bond acceptors (Lipinski definition) is 6. The van der Waals surface area contributed by atoms with Crippen molar-refractivity contribution < 1.29 is 22.8 Å². The van der Waals surface area contributed by atoms with Gasteiger partial charge in [-0.25, -0.2) is 0 Å². The highest BCUT2D eigenvalue weighted by molar-refractivity contribution is 5.81. The fourth-order valence-electron chi connectivity index (χ4n) is 3.05. The predicted molar refractivity (Wildman–Crippen MR) is 97.7 cm³/mol. The van der Waals surface area contributed by atoms with Crippen molar-refractivity contribution in [1.29, 1.82) is 0 Å². The number of alkyl halides is 2. The van der Waals surface area contributed by atoms with Gasteiger partial charge in [-0.05, 0) is 12.1 Å². The van der Waals surface area contributed by atoms with E-state index in [0.717, 1.165) is 0 Å². The first kappa shape index (κ1) is 20.2. The third kappa shape index (κ3) is 4.83. The van der Waals surface area contributed by atoms with Crippen molar-refractivity contribution in [3.63, 3.8) is 0 Å². The second-order valence-corrected chi connectivity index (χ2v) is 7.70. The Bertz CT molecular complexity index is 812. The molecule has 0 radical (unpaired) electrons. The van der Waals surface area contributed by atoms with Gasteiger partial charge in [0.2, 0.25) is 17.6 Å². The number of hydrogen-bond donors (Lipinski definition) is 0. The van der Waals surface area contributed by atoms with E-state index in [0.29, 0.717) is 44.2 Å². The van der Waals surface area contributed by atoms with E-state index >= 15 is 0 Å². The van der Waals surface area contributed by atoms with Gasteiger partial charge in [-0.1, -0.05) is 38.1 Å². The number of halogens is 2. The maximum absolute atomic E-state index is 12.6. The van der Waals surface area contributed by atoms with Crippen LogP contribution in [-0.2, 0) is 11.3 Å². The molecule has 3 rings (SSSR count). The molecule has 1 amide bonds. The molecule has 7 nitrogen and oxygen atoms in total. The Balaban J connectivity index is 1.62. The Labute approximate surface area is 162 Å². The molecular weight excluding hydrogens is 370 g/mol. The van der Waals surface area contributed by atoms with Crippen LogP contribution in [0.3, 0.4) is 0 Å². The molecule has 1 saturated heterocycles. The van der Waals surface area contributed by atoms with Gasteiger partial charge in [0.05, 0.1) is 12.1 Å². The van der Waals surface area contributed by atoms with Crippen molar-refractivity contribution in [3.8, 4) is 17.1 Å². The first-order valence-electron chi connectivity index (χ1n) is 9.12. The average molecular weight is 394 g/mol. The summed E-state index contributed by atoms with van der Waals surface area (Å²) in [6.45, 7) is 5.92. The fraction of sp³-hybridized carbons (Fsp3) is 0.526. The molecule has 0 N–H and O–H groups in total. The monoisotopic (exact) mass is 394 g/mol. The van der Waals surface area contributed by atoms with Gasteiger partial charge in [-0.15, -0.1) is 0 Å². The lowest BCUT2D eigenvalue weighted by atomic mass is 9.94. The molecule has 1 aromatic heterocycles. The van der Waals surface area contributed by atoms with Crippen LogP contribution in [0, 0.1) is 5.41 Å². The predicted octanol–water partition coefficient (Wildman–Crippen LogP) is 3.03. The quantitative estimate of drug-likeness (QED) is 0.776. The number of aromatic nitrogens is 2. The van der Waals surface area contributed by atoms with Crippen molar-refractivity contribution in [3.05, 3.63) is 30.2 Å². The van der Waals surface area contributed by atoms with E-state index in [-0.39, 0.29) is 17.5 Å². The van der Waals surface area contributed by atoms with E-state index in [4.69, 9.17) is 4.52 Å². The second-order valence-electron chi connectivity index (χ2n) is 7.70. The highest BCUT2D eigenvalue weighted by Crippen LogP contribution is 2.29. The van der Waals surface area contributed by atoms with Crippen LogP contribution in [-0.4, -0.2) is 58.6 Å². The lowest BCUT2D eigenvalue weighted by Crippen LogP contribution is -2.51. The van der Waals surface area contributed by atoms with Crippen LogP contribution in [0.2, 0.25) is 0 Å². The number of para-hydroxylation sites is 1. The van der Waals surface area contributed by atoms with Crippen LogP contribution in [0.25, 0.3) is 11.4 Å². The van der Waals surface area contributed by atoms with E-state index in [1.165, 1.54) is 6.07 Å². The van der Waals surface area contributed by atoms with Crippen molar-refractivity contribution in [2.24, 2.45) is 5.41 Å². The van der Waals surface area contributed by atoms with E-state index in [1.807, 2.05) is 25.7 Å². The molecule has 1 aliphatic rings. The molecular formula is C19H24F2N4O3. The smallest absolute Gasteiger partial charge is 0.387 e. The number of ether oxygens (including phenoxy) is 1. The van der Waals surface area contributed by atoms with E-state index in [1.54, 1.807) is 18.2 Å². The average Bonchev–Trinajstić information content (AvgIpc) is 3.09. The number of rotatable bonds is 5. The van der Waals surface area contributed by atoms with Crippen LogP contribution in [0.5, 0.6) is 5.75 Å². The number of piperazine rings is 1. The molecule has 152 valence electrons. The van der Waals surface area contributed by atoms with Crippen molar-refractivity contribution in [2.45, 2.75) is 33.9 Å². The molecule has 9 heteroatoms. The van der Waals surface area contributed by atoms with Crippen LogP contribution in [0.4, 0.5) is 8.78 Å². The molecule has 1 aromatic carbocycles. The largest absolute Gasteiger partial charge is 0.434 e. The van der Waals surface area contributed by atoms with Crippen molar-refractivity contribution in [2.75, 3.05) is 26.2 Å². The minimum absolute atomic E-state index is 0.000781. The summed E-state index contributed by atoms with van der Waals surface area (Å²) in [6.07, 6.45) is 0. The molecule has 0 saturated carbocycles. The molecule has 1 fully saturated rings. The van der Waals surface area contributed by atoms with Gasteiger partial charge in [0.15, 0.2) is 0 Å². The highest BCUT2D eigenvalue weighted by Gasteiger charge is 2.30. The van der Waals surface area contributed by atoms with Crippen LogP contribution >= 0.6 is 0 Å². The zero-order chi connectivity index (χ0) is 20.3. The zero-order valence-electron chi connectivity index (χ0n) is 16.2. The molecule has 0 unspecified atom stereocenters. The molecule has 2 aromatic rings.